The fourth-order valence-electron chi connectivity index (χ4n) is 4.16. The number of benzene rings is 2. The first kappa shape index (κ1) is 32.0. The molecule has 12 nitrogen and oxygen atoms in total. The first-order valence-electron chi connectivity index (χ1n) is 12.8. The van der Waals surface area contributed by atoms with Gasteiger partial charge in [0.2, 0.25) is 0 Å². The van der Waals surface area contributed by atoms with Crippen molar-refractivity contribution in [2.75, 3.05) is 32.1 Å². The molecule has 0 bridgehead atoms. The van der Waals surface area contributed by atoms with Crippen LogP contribution < -0.4 is 10.1 Å². The molecule has 0 radical (unpaired) electrons. The van der Waals surface area contributed by atoms with Gasteiger partial charge in [-0.1, -0.05) is 45.0 Å². The fourth-order valence-corrected chi connectivity index (χ4v) is 7.09. The second-order valence-electron chi connectivity index (χ2n) is 11.0. The standard InChI is InChI=1S/C27H35N3O9S2/c1-27(2,3)19-8-12-21(13-9-19)41(37,38)30(24(31)22-17-40(35,36)15-14-28-22)23(25(32)33)16-18-6-10-20(11-7-18)39-26(34)29(4)5/h6-13,22-23,28H,14-17H2,1-5H3,(H,32,33)/t22?,23-/m0/s1. The van der Waals surface area contributed by atoms with E-state index in [9.17, 15) is 36.3 Å². The number of amides is 2. The van der Waals surface area contributed by atoms with Crippen molar-refractivity contribution < 1.29 is 41.1 Å². The Bertz CT molecular complexity index is 1500. The summed E-state index contributed by atoms with van der Waals surface area (Å²) >= 11 is 0. The Balaban J connectivity index is 2.04. The second kappa shape index (κ2) is 12.2. The number of sulfone groups is 1. The summed E-state index contributed by atoms with van der Waals surface area (Å²) in [4.78, 5) is 39.0. The van der Waals surface area contributed by atoms with Gasteiger partial charge in [0, 0.05) is 27.1 Å². The Labute approximate surface area is 240 Å². The number of nitrogens with one attached hydrogen (secondary N) is 1. The minimum Gasteiger partial charge on any atom is -0.480 e. The van der Waals surface area contributed by atoms with Crippen LogP contribution in [0, 0.1) is 0 Å². The summed E-state index contributed by atoms with van der Waals surface area (Å²) in [7, 11) is -5.41. The number of hydrogen-bond acceptors (Lipinski definition) is 9. The minimum absolute atomic E-state index is 0.0855. The Hall–Kier alpha value is -3.49. The van der Waals surface area contributed by atoms with Crippen molar-refractivity contribution in [3.8, 4) is 5.75 Å². The van der Waals surface area contributed by atoms with Gasteiger partial charge in [0.15, 0.2) is 9.84 Å². The molecule has 1 fully saturated rings. The number of rotatable bonds is 8. The van der Waals surface area contributed by atoms with Crippen LogP contribution in [0.15, 0.2) is 53.4 Å². The van der Waals surface area contributed by atoms with Crippen molar-refractivity contribution in [1.82, 2.24) is 14.5 Å². The molecule has 2 atom stereocenters. The van der Waals surface area contributed by atoms with Gasteiger partial charge in [-0.3, -0.25) is 4.79 Å². The lowest BCUT2D eigenvalue weighted by atomic mass is 9.87. The van der Waals surface area contributed by atoms with E-state index in [-0.39, 0.29) is 32.7 Å². The number of nitrogens with zero attached hydrogens (tertiary/aromatic N) is 2. The number of sulfonamides is 1. The summed E-state index contributed by atoms with van der Waals surface area (Å²) in [5.74, 6) is -3.51. The summed E-state index contributed by atoms with van der Waals surface area (Å²) in [6.45, 7) is 5.73. The molecule has 1 heterocycles. The van der Waals surface area contributed by atoms with Crippen molar-refractivity contribution in [2.24, 2.45) is 0 Å². The van der Waals surface area contributed by atoms with Crippen molar-refractivity contribution in [3.05, 3.63) is 59.7 Å². The van der Waals surface area contributed by atoms with Crippen LogP contribution in [0.1, 0.15) is 31.9 Å². The van der Waals surface area contributed by atoms with Crippen molar-refractivity contribution in [3.63, 3.8) is 0 Å². The van der Waals surface area contributed by atoms with Crippen LogP contribution in [0.3, 0.4) is 0 Å². The van der Waals surface area contributed by atoms with Crippen LogP contribution in [-0.4, -0.2) is 93.3 Å². The third kappa shape index (κ3) is 7.83. The minimum atomic E-state index is -4.75. The van der Waals surface area contributed by atoms with Gasteiger partial charge in [0.25, 0.3) is 15.9 Å². The van der Waals surface area contributed by atoms with Crippen LogP contribution in [0.4, 0.5) is 4.79 Å². The highest BCUT2D eigenvalue weighted by Gasteiger charge is 2.44. The first-order chi connectivity index (χ1) is 18.9. The summed E-state index contributed by atoms with van der Waals surface area (Å²) < 4.78 is 57.8. The Morgan fingerprint density at radius 3 is 2.12 bits per heavy atom. The number of carbonyl (C=O) groups is 3. The van der Waals surface area contributed by atoms with Gasteiger partial charge >= 0.3 is 12.1 Å². The van der Waals surface area contributed by atoms with E-state index in [0.29, 0.717) is 5.56 Å². The molecule has 3 rings (SSSR count). The van der Waals surface area contributed by atoms with E-state index in [1.54, 1.807) is 12.1 Å². The summed E-state index contributed by atoms with van der Waals surface area (Å²) in [5, 5.41) is 12.9. The van der Waals surface area contributed by atoms with E-state index in [1.165, 1.54) is 55.4 Å². The molecule has 0 spiro atoms. The van der Waals surface area contributed by atoms with Gasteiger partial charge < -0.3 is 20.1 Å². The highest BCUT2D eigenvalue weighted by atomic mass is 32.2. The highest BCUT2D eigenvalue weighted by molar-refractivity contribution is 7.91. The maximum atomic E-state index is 13.9. The molecule has 1 aliphatic heterocycles. The first-order valence-corrected chi connectivity index (χ1v) is 16.0. The molecule has 2 N–H and O–H groups in total. The van der Waals surface area contributed by atoms with Crippen LogP contribution in [0.5, 0.6) is 5.75 Å². The largest absolute Gasteiger partial charge is 0.480 e. The molecule has 41 heavy (non-hydrogen) atoms. The predicted octanol–water partition coefficient (Wildman–Crippen LogP) is 1.64. The molecular weight excluding hydrogens is 574 g/mol. The van der Waals surface area contributed by atoms with Crippen LogP contribution >= 0.6 is 0 Å². The number of hydrogen-bond donors (Lipinski definition) is 2. The zero-order valence-electron chi connectivity index (χ0n) is 23.5. The zero-order chi connectivity index (χ0) is 30.8. The van der Waals surface area contributed by atoms with Gasteiger partial charge in [-0.25, -0.2) is 30.7 Å². The van der Waals surface area contributed by atoms with E-state index >= 15 is 0 Å². The van der Waals surface area contributed by atoms with Crippen molar-refractivity contribution >= 4 is 37.8 Å². The smallest absolute Gasteiger partial charge is 0.414 e. The quantitative estimate of drug-likeness (QED) is 0.449. The molecular formula is C27H35N3O9S2. The molecule has 1 aliphatic rings. The lowest BCUT2D eigenvalue weighted by molar-refractivity contribution is -0.146. The van der Waals surface area contributed by atoms with E-state index in [2.05, 4.69) is 5.32 Å². The van der Waals surface area contributed by atoms with Gasteiger partial charge in [-0.2, -0.15) is 0 Å². The fraction of sp³-hybridized carbons (Fsp3) is 0.444. The number of carboxylic acid groups (broad SMARTS) is 1. The van der Waals surface area contributed by atoms with Crippen molar-refractivity contribution in [1.29, 1.82) is 0 Å². The van der Waals surface area contributed by atoms with Crippen LogP contribution in [-0.2, 0) is 41.3 Å². The third-order valence-corrected chi connectivity index (χ3v) is 10.00. The Kier molecular flexibility index (Phi) is 9.51. The zero-order valence-corrected chi connectivity index (χ0v) is 25.2. The molecule has 0 aromatic heterocycles. The third-order valence-electron chi connectivity index (χ3n) is 6.51. The predicted molar refractivity (Wildman–Crippen MR) is 151 cm³/mol. The van der Waals surface area contributed by atoms with Gasteiger partial charge in [-0.05, 0) is 40.8 Å². The van der Waals surface area contributed by atoms with Gasteiger partial charge in [0.05, 0.1) is 16.4 Å². The topological polar surface area (TPSA) is 167 Å². The number of carboxylic acids is 1. The van der Waals surface area contributed by atoms with E-state index in [0.717, 1.165) is 5.56 Å². The van der Waals surface area contributed by atoms with Gasteiger partial charge in [0.1, 0.15) is 17.8 Å². The molecule has 14 heteroatoms. The molecule has 0 saturated carbocycles. The molecule has 224 valence electrons. The van der Waals surface area contributed by atoms with E-state index < -0.39 is 62.1 Å². The van der Waals surface area contributed by atoms with E-state index in [1.807, 2.05) is 20.8 Å². The lowest BCUT2D eigenvalue weighted by Gasteiger charge is -2.33. The molecule has 2 aromatic rings. The monoisotopic (exact) mass is 609 g/mol. The lowest BCUT2D eigenvalue weighted by Crippen LogP contribution is -2.59. The van der Waals surface area contributed by atoms with Crippen LogP contribution in [0.2, 0.25) is 0 Å². The average molecular weight is 610 g/mol. The van der Waals surface area contributed by atoms with Crippen molar-refractivity contribution in [2.45, 2.75) is 49.6 Å². The van der Waals surface area contributed by atoms with Gasteiger partial charge in [-0.15, -0.1) is 0 Å². The number of ether oxygens (including phenoxy) is 1. The maximum Gasteiger partial charge on any atom is 0.414 e. The molecule has 2 amide bonds. The normalized spacial score (nSPS) is 17.7. The molecule has 2 aromatic carbocycles. The second-order valence-corrected chi connectivity index (χ2v) is 15.0. The summed E-state index contributed by atoms with van der Waals surface area (Å²) in [5.41, 5.74) is 0.857. The average Bonchev–Trinajstić information content (AvgIpc) is 2.88. The highest BCUT2D eigenvalue weighted by Crippen LogP contribution is 2.27. The molecule has 1 unspecified atom stereocenters. The van der Waals surface area contributed by atoms with Crippen LogP contribution in [0.25, 0.3) is 0 Å². The Morgan fingerprint density at radius 1 is 1.05 bits per heavy atom. The maximum absolute atomic E-state index is 13.9. The SMILES string of the molecule is CN(C)C(=O)Oc1ccc(C[C@@H](C(=O)O)N(C(=O)C2CS(=O)(=O)CCN2)S(=O)(=O)c2ccc(C(C)(C)C)cc2)cc1. The molecule has 1 saturated heterocycles. The molecule has 0 aliphatic carbocycles. The Morgan fingerprint density at radius 2 is 1.63 bits per heavy atom. The summed E-state index contributed by atoms with van der Waals surface area (Å²) in [6, 6.07) is 8.14. The summed E-state index contributed by atoms with van der Waals surface area (Å²) in [6.07, 6.45) is -1.06. The number of aliphatic carboxylic acids is 1. The van der Waals surface area contributed by atoms with E-state index in [4.69, 9.17) is 4.74 Å². The number of carbonyl (C=O) groups excluding carboxylic acids is 2.